The summed E-state index contributed by atoms with van der Waals surface area (Å²) in [5.41, 5.74) is 5.75. The van der Waals surface area contributed by atoms with Crippen LogP contribution in [0.25, 0.3) is 0 Å². The molecule has 0 spiro atoms. The molecule has 0 heterocycles. The average molecular weight is 262 g/mol. The zero-order valence-electron chi connectivity index (χ0n) is 10.7. The summed E-state index contributed by atoms with van der Waals surface area (Å²) in [6.45, 7) is 3.77. The van der Waals surface area contributed by atoms with Gasteiger partial charge in [0.25, 0.3) is 0 Å². The molecule has 0 atom stereocenters. The highest BCUT2D eigenvalue weighted by atomic mass is 32.2. The van der Waals surface area contributed by atoms with Crippen LogP contribution < -0.4 is 10.5 Å². The molecule has 0 amide bonds. The van der Waals surface area contributed by atoms with E-state index < -0.39 is 10.0 Å². The van der Waals surface area contributed by atoms with Crippen molar-refractivity contribution in [2.24, 2.45) is 10.7 Å². The van der Waals surface area contributed by atoms with Gasteiger partial charge in [-0.2, -0.15) is 0 Å². The topological polar surface area (TPSA) is 87.8 Å². The third-order valence-corrected chi connectivity index (χ3v) is 4.06. The monoisotopic (exact) mass is 262 g/mol. The molecule has 6 nitrogen and oxygen atoms in total. The van der Waals surface area contributed by atoms with E-state index >= 15 is 0 Å². The van der Waals surface area contributed by atoms with E-state index in [4.69, 9.17) is 5.73 Å². The first-order valence-corrected chi connectivity index (χ1v) is 7.50. The maximum Gasteiger partial charge on any atom is 0.213 e. The van der Waals surface area contributed by atoms with Gasteiger partial charge in [0.1, 0.15) is 0 Å². The molecule has 1 fully saturated rings. The molecular weight excluding hydrogens is 240 g/mol. The number of hydrogen-bond acceptors (Lipinski definition) is 3. The van der Waals surface area contributed by atoms with Crippen LogP contribution in [0.3, 0.4) is 0 Å². The number of nitrogens with one attached hydrogen (secondary N) is 1. The summed E-state index contributed by atoms with van der Waals surface area (Å²) in [5, 5.41) is 0. The lowest BCUT2D eigenvalue weighted by molar-refractivity contribution is 0.488. The smallest absolute Gasteiger partial charge is 0.213 e. The Hall–Kier alpha value is -0.820. The summed E-state index contributed by atoms with van der Waals surface area (Å²) >= 11 is 0. The minimum Gasteiger partial charge on any atom is -0.370 e. The van der Waals surface area contributed by atoms with Crippen LogP contribution in [-0.2, 0) is 10.0 Å². The lowest BCUT2D eigenvalue weighted by Gasteiger charge is -2.16. The van der Waals surface area contributed by atoms with Crippen LogP contribution in [0.1, 0.15) is 26.7 Å². The fourth-order valence-corrected chi connectivity index (χ4v) is 2.63. The Morgan fingerprint density at radius 2 is 2.12 bits per heavy atom. The minimum atomic E-state index is -3.24. The van der Waals surface area contributed by atoms with Crippen molar-refractivity contribution >= 4 is 16.0 Å². The first-order chi connectivity index (χ1) is 7.82. The average Bonchev–Trinajstić information content (AvgIpc) is 2.96. The van der Waals surface area contributed by atoms with Gasteiger partial charge in [0, 0.05) is 19.1 Å². The van der Waals surface area contributed by atoms with Crippen molar-refractivity contribution in [2.75, 3.05) is 19.3 Å². The molecule has 0 unspecified atom stereocenters. The summed E-state index contributed by atoms with van der Waals surface area (Å²) in [6, 6.07) is 0.402. The molecule has 7 heteroatoms. The zero-order chi connectivity index (χ0) is 13.1. The molecule has 1 aliphatic rings. The maximum atomic E-state index is 11.5. The van der Waals surface area contributed by atoms with E-state index in [1.165, 1.54) is 0 Å². The van der Waals surface area contributed by atoms with E-state index in [9.17, 15) is 8.42 Å². The van der Waals surface area contributed by atoms with Crippen molar-refractivity contribution < 1.29 is 8.42 Å². The number of sulfonamides is 1. The van der Waals surface area contributed by atoms with Crippen molar-refractivity contribution in [2.45, 2.75) is 38.8 Å². The molecule has 1 saturated carbocycles. The van der Waals surface area contributed by atoms with Gasteiger partial charge in [0.05, 0.1) is 12.3 Å². The zero-order valence-corrected chi connectivity index (χ0v) is 11.5. The van der Waals surface area contributed by atoms with Crippen molar-refractivity contribution in [3.05, 3.63) is 0 Å². The molecule has 0 saturated heterocycles. The molecule has 0 aromatic rings. The molecule has 0 radical (unpaired) electrons. The SMILES string of the molecule is CC(C)NS(=O)(=O)CCN=C(N)N(C)C1CC1. The minimum absolute atomic E-state index is 0.0234. The number of hydrogen-bond donors (Lipinski definition) is 2. The third kappa shape index (κ3) is 5.36. The number of guanidine groups is 1. The van der Waals surface area contributed by atoms with E-state index in [2.05, 4.69) is 9.71 Å². The molecule has 1 aliphatic carbocycles. The second-order valence-corrected chi connectivity index (χ2v) is 6.55. The number of nitrogens with two attached hydrogens (primary N) is 1. The quantitative estimate of drug-likeness (QED) is 0.509. The van der Waals surface area contributed by atoms with E-state index in [1.54, 1.807) is 13.8 Å². The lowest BCUT2D eigenvalue weighted by Crippen LogP contribution is -2.37. The lowest BCUT2D eigenvalue weighted by atomic mass is 10.4. The van der Waals surface area contributed by atoms with Gasteiger partial charge in [-0.3, -0.25) is 4.99 Å². The maximum absolute atomic E-state index is 11.5. The van der Waals surface area contributed by atoms with Gasteiger partial charge in [0.2, 0.25) is 10.0 Å². The Balaban J connectivity index is 2.37. The highest BCUT2D eigenvalue weighted by molar-refractivity contribution is 7.89. The molecular formula is C10H22N4O2S. The van der Waals surface area contributed by atoms with Crippen molar-refractivity contribution in [3.63, 3.8) is 0 Å². The van der Waals surface area contributed by atoms with E-state index in [1.807, 2.05) is 11.9 Å². The number of rotatable bonds is 6. The predicted molar refractivity (Wildman–Crippen MR) is 69.3 cm³/mol. The Labute approximate surface area is 103 Å². The Morgan fingerprint density at radius 1 is 1.53 bits per heavy atom. The van der Waals surface area contributed by atoms with Gasteiger partial charge in [0.15, 0.2) is 5.96 Å². The van der Waals surface area contributed by atoms with Crippen LogP contribution >= 0.6 is 0 Å². The number of aliphatic imine (C=N–C) groups is 1. The molecule has 0 aromatic heterocycles. The molecule has 0 aliphatic heterocycles. The van der Waals surface area contributed by atoms with Gasteiger partial charge < -0.3 is 10.6 Å². The first kappa shape index (κ1) is 14.2. The third-order valence-electron chi connectivity index (χ3n) is 2.51. The summed E-state index contributed by atoms with van der Waals surface area (Å²) < 4.78 is 25.5. The van der Waals surface area contributed by atoms with Crippen LogP contribution in [0.5, 0.6) is 0 Å². The van der Waals surface area contributed by atoms with Crippen LogP contribution in [0.2, 0.25) is 0 Å². The Morgan fingerprint density at radius 3 is 2.59 bits per heavy atom. The predicted octanol–water partition coefficient (Wildman–Crippen LogP) is -0.277. The summed E-state index contributed by atoms with van der Waals surface area (Å²) in [5.74, 6) is 0.400. The highest BCUT2D eigenvalue weighted by Crippen LogP contribution is 2.24. The molecule has 0 bridgehead atoms. The second-order valence-electron chi connectivity index (χ2n) is 4.67. The Bertz CT molecular complexity index is 374. The number of nitrogens with zero attached hydrogens (tertiary/aromatic N) is 2. The van der Waals surface area contributed by atoms with E-state index in [-0.39, 0.29) is 18.3 Å². The van der Waals surface area contributed by atoms with E-state index in [0.717, 1.165) is 12.8 Å². The standard InChI is InChI=1S/C10H22N4O2S/c1-8(2)13-17(15,16)7-6-12-10(11)14(3)9-4-5-9/h8-9,13H,4-7H2,1-3H3,(H2,11,12). The fraction of sp³-hybridized carbons (Fsp3) is 0.900. The largest absolute Gasteiger partial charge is 0.370 e. The second kappa shape index (κ2) is 5.68. The van der Waals surface area contributed by atoms with Gasteiger partial charge >= 0.3 is 0 Å². The molecule has 100 valence electrons. The molecule has 0 aromatic carbocycles. The van der Waals surface area contributed by atoms with Crippen LogP contribution in [0, 0.1) is 0 Å². The molecule has 17 heavy (non-hydrogen) atoms. The summed E-state index contributed by atoms with van der Waals surface area (Å²) in [7, 11) is -1.35. The van der Waals surface area contributed by atoms with Gasteiger partial charge in [-0.25, -0.2) is 13.1 Å². The molecule has 1 rings (SSSR count). The highest BCUT2D eigenvalue weighted by Gasteiger charge is 2.27. The van der Waals surface area contributed by atoms with Gasteiger partial charge in [-0.1, -0.05) is 0 Å². The van der Waals surface area contributed by atoms with Crippen molar-refractivity contribution in [1.29, 1.82) is 0 Å². The summed E-state index contributed by atoms with van der Waals surface area (Å²) in [4.78, 5) is 5.98. The van der Waals surface area contributed by atoms with Crippen LogP contribution in [0.4, 0.5) is 0 Å². The van der Waals surface area contributed by atoms with Crippen molar-refractivity contribution in [1.82, 2.24) is 9.62 Å². The normalized spacial score (nSPS) is 17.5. The van der Waals surface area contributed by atoms with E-state index in [0.29, 0.717) is 12.0 Å². The van der Waals surface area contributed by atoms with Gasteiger partial charge in [-0.15, -0.1) is 0 Å². The Kier molecular flexibility index (Phi) is 4.76. The summed E-state index contributed by atoms with van der Waals surface area (Å²) in [6.07, 6.45) is 2.28. The van der Waals surface area contributed by atoms with Crippen LogP contribution in [-0.4, -0.2) is 50.7 Å². The molecule has 3 N–H and O–H groups in total. The van der Waals surface area contributed by atoms with Crippen molar-refractivity contribution in [3.8, 4) is 0 Å². The van der Waals surface area contributed by atoms with Gasteiger partial charge in [-0.05, 0) is 26.7 Å². The fourth-order valence-electron chi connectivity index (χ4n) is 1.46. The van der Waals surface area contributed by atoms with Crippen LogP contribution in [0.15, 0.2) is 4.99 Å². The first-order valence-electron chi connectivity index (χ1n) is 5.84.